The molecule has 0 bridgehead atoms. The quantitative estimate of drug-likeness (QED) is 0.786. The third-order valence-corrected chi connectivity index (χ3v) is 4.11. The first kappa shape index (κ1) is 14.4. The van der Waals surface area contributed by atoms with Crippen LogP contribution in [0.5, 0.6) is 5.75 Å². The van der Waals surface area contributed by atoms with E-state index in [1.54, 1.807) is 6.07 Å². The molecule has 0 radical (unpaired) electrons. The summed E-state index contributed by atoms with van der Waals surface area (Å²) >= 11 is 7.27. The highest BCUT2D eigenvalue weighted by atomic mass is 35.5. The topological polar surface area (TPSA) is 29.5 Å². The van der Waals surface area contributed by atoms with Crippen LogP contribution in [0.2, 0.25) is 4.34 Å². The summed E-state index contributed by atoms with van der Waals surface area (Å²) in [6.45, 7) is 2.87. The summed E-state index contributed by atoms with van der Waals surface area (Å²) < 4.78 is 6.28. The van der Waals surface area contributed by atoms with Crippen molar-refractivity contribution in [3.8, 4) is 5.75 Å². The predicted molar refractivity (Wildman–Crippen MR) is 80.2 cm³/mol. The molecule has 0 spiro atoms. The summed E-state index contributed by atoms with van der Waals surface area (Å²) in [5.74, 6) is 0.841. The van der Waals surface area contributed by atoms with Gasteiger partial charge in [0, 0.05) is 4.88 Å². The molecule has 0 saturated heterocycles. The smallest absolute Gasteiger partial charge is 0.119 e. The average molecular weight is 297 g/mol. The fraction of sp³-hybridized carbons (Fsp3) is 0.333. The van der Waals surface area contributed by atoms with E-state index >= 15 is 0 Å². The van der Waals surface area contributed by atoms with E-state index in [1.807, 2.05) is 30.3 Å². The Morgan fingerprint density at radius 1 is 1.21 bits per heavy atom. The zero-order valence-corrected chi connectivity index (χ0v) is 12.4. The van der Waals surface area contributed by atoms with E-state index in [9.17, 15) is 5.11 Å². The normalized spacial score (nSPS) is 12.4. The molecule has 0 fully saturated rings. The van der Waals surface area contributed by atoms with Crippen LogP contribution in [0.15, 0.2) is 36.4 Å². The minimum atomic E-state index is -0.623. The summed E-state index contributed by atoms with van der Waals surface area (Å²) in [6, 6.07) is 11.2. The molecule has 102 valence electrons. The summed E-state index contributed by atoms with van der Waals surface area (Å²) in [5, 5.41) is 10.2. The maximum atomic E-state index is 10.2. The van der Waals surface area contributed by atoms with Gasteiger partial charge in [-0.25, -0.2) is 0 Å². The van der Waals surface area contributed by atoms with Gasteiger partial charge in [0.05, 0.1) is 10.9 Å². The lowest BCUT2D eigenvalue weighted by Gasteiger charge is -2.10. The standard InChI is InChI=1S/C15H17ClO2S/c1-2-3-10-18-12-6-4-11(5-7-12)15(17)13-8-9-14(16)19-13/h4-9,15,17H,2-3,10H2,1H3. The molecular weight excluding hydrogens is 280 g/mol. The number of hydrogen-bond acceptors (Lipinski definition) is 3. The Morgan fingerprint density at radius 2 is 1.95 bits per heavy atom. The van der Waals surface area contributed by atoms with Gasteiger partial charge in [-0.3, -0.25) is 0 Å². The molecule has 0 aliphatic carbocycles. The summed E-state index contributed by atoms with van der Waals surface area (Å²) in [4.78, 5) is 0.852. The van der Waals surface area contributed by atoms with Gasteiger partial charge in [-0.05, 0) is 36.2 Å². The molecule has 2 nitrogen and oxygen atoms in total. The molecule has 1 unspecified atom stereocenters. The maximum absolute atomic E-state index is 10.2. The first-order valence-electron chi connectivity index (χ1n) is 6.36. The monoisotopic (exact) mass is 296 g/mol. The molecule has 0 amide bonds. The van der Waals surface area contributed by atoms with Gasteiger partial charge >= 0.3 is 0 Å². The first-order chi connectivity index (χ1) is 9.20. The van der Waals surface area contributed by atoms with E-state index in [4.69, 9.17) is 16.3 Å². The van der Waals surface area contributed by atoms with E-state index in [0.29, 0.717) is 4.34 Å². The molecule has 2 rings (SSSR count). The summed E-state index contributed by atoms with van der Waals surface area (Å²) in [7, 11) is 0. The molecule has 0 aliphatic rings. The van der Waals surface area contributed by atoms with Gasteiger partial charge < -0.3 is 9.84 Å². The lowest BCUT2D eigenvalue weighted by Crippen LogP contribution is -1.99. The van der Waals surface area contributed by atoms with E-state index in [-0.39, 0.29) is 0 Å². The van der Waals surface area contributed by atoms with Gasteiger partial charge in [0.25, 0.3) is 0 Å². The molecule has 1 aromatic heterocycles. The number of halogens is 1. The van der Waals surface area contributed by atoms with E-state index in [2.05, 4.69) is 6.92 Å². The minimum absolute atomic E-state index is 0.623. The van der Waals surface area contributed by atoms with Crippen LogP contribution in [-0.2, 0) is 0 Å². The Morgan fingerprint density at radius 3 is 2.53 bits per heavy atom. The first-order valence-corrected chi connectivity index (χ1v) is 7.56. The van der Waals surface area contributed by atoms with Gasteiger partial charge in [0.1, 0.15) is 11.9 Å². The van der Waals surface area contributed by atoms with Crippen LogP contribution < -0.4 is 4.74 Å². The van der Waals surface area contributed by atoms with Gasteiger partial charge in [-0.1, -0.05) is 37.1 Å². The number of unbranched alkanes of at least 4 members (excludes halogenated alkanes) is 1. The zero-order valence-electron chi connectivity index (χ0n) is 10.8. The fourth-order valence-corrected chi connectivity index (χ4v) is 2.80. The molecule has 1 atom stereocenters. The summed E-state index contributed by atoms with van der Waals surface area (Å²) in [6.07, 6.45) is 1.55. The molecule has 2 aromatic rings. The number of hydrogen-bond donors (Lipinski definition) is 1. The van der Waals surface area contributed by atoms with Crippen molar-refractivity contribution < 1.29 is 9.84 Å². The number of ether oxygens (including phenoxy) is 1. The van der Waals surface area contributed by atoms with Gasteiger partial charge in [0.2, 0.25) is 0 Å². The van der Waals surface area contributed by atoms with Gasteiger partial charge in [-0.15, -0.1) is 11.3 Å². The minimum Gasteiger partial charge on any atom is -0.494 e. The maximum Gasteiger partial charge on any atom is 0.119 e. The second-order valence-corrected chi connectivity index (χ2v) is 6.06. The van der Waals surface area contributed by atoms with Crippen molar-refractivity contribution in [2.75, 3.05) is 6.61 Å². The number of benzene rings is 1. The molecule has 1 aromatic carbocycles. The number of aliphatic hydroxyl groups is 1. The predicted octanol–water partition coefficient (Wildman–Crippen LogP) is 4.66. The zero-order chi connectivity index (χ0) is 13.7. The lowest BCUT2D eigenvalue weighted by molar-refractivity contribution is 0.224. The fourth-order valence-electron chi connectivity index (χ4n) is 1.72. The second kappa shape index (κ2) is 6.94. The largest absolute Gasteiger partial charge is 0.494 e. The van der Waals surface area contributed by atoms with Crippen molar-refractivity contribution in [2.24, 2.45) is 0 Å². The van der Waals surface area contributed by atoms with Crippen LogP contribution in [0.3, 0.4) is 0 Å². The van der Waals surface area contributed by atoms with Crippen LogP contribution in [0.4, 0.5) is 0 Å². The van der Waals surface area contributed by atoms with Gasteiger partial charge in [-0.2, -0.15) is 0 Å². The number of rotatable bonds is 6. The van der Waals surface area contributed by atoms with Crippen molar-refractivity contribution in [2.45, 2.75) is 25.9 Å². The van der Waals surface area contributed by atoms with Crippen LogP contribution in [0.1, 0.15) is 36.3 Å². The SMILES string of the molecule is CCCCOc1ccc(C(O)c2ccc(Cl)s2)cc1. The Hall–Kier alpha value is -1.03. The Labute approximate surface area is 122 Å². The molecule has 19 heavy (non-hydrogen) atoms. The van der Waals surface area contributed by atoms with Crippen molar-refractivity contribution in [3.63, 3.8) is 0 Å². The number of aliphatic hydroxyl groups excluding tert-OH is 1. The Balaban J connectivity index is 2.01. The molecule has 4 heteroatoms. The molecule has 0 aliphatic heterocycles. The molecular formula is C15H17ClO2S. The molecule has 1 N–H and O–H groups in total. The van der Waals surface area contributed by atoms with Crippen LogP contribution in [-0.4, -0.2) is 11.7 Å². The lowest BCUT2D eigenvalue weighted by atomic mass is 10.1. The Bertz CT molecular complexity index is 507. The van der Waals surface area contributed by atoms with Crippen LogP contribution >= 0.6 is 22.9 Å². The molecule has 0 saturated carbocycles. The van der Waals surface area contributed by atoms with E-state index < -0.39 is 6.10 Å². The van der Waals surface area contributed by atoms with Crippen molar-refractivity contribution in [1.82, 2.24) is 0 Å². The summed E-state index contributed by atoms with van der Waals surface area (Å²) in [5.41, 5.74) is 0.848. The van der Waals surface area contributed by atoms with E-state index in [1.165, 1.54) is 11.3 Å². The second-order valence-electron chi connectivity index (χ2n) is 4.32. The average Bonchev–Trinajstić information content (AvgIpc) is 2.86. The van der Waals surface area contributed by atoms with Crippen LogP contribution in [0.25, 0.3) is 0 Å². The highest BCUT2D eigenvalue weighted by molar-refractivity contribution is 7.16. The van der Waals surface area contributed by atoms with Crippen molar-refractivity contribution >= 4 is 22.9 Å². The van der Waals surface area contributed by atoms with Gasteiger partial charge in [0.15, 0.2) is 0 Å². The third kappa shape index (κ3) is 3.96. The van der Waals surface area contributed by atoms with Crippen LogP contribution in [0, 0.1) is 0 Å². The Kier molecular flexibility index (Phi) is 5.25. The van der Waals surface area contributed by atoms with Crippen molar-refractivity contribution in [1.29, 1.82) is 0 Å². The highest BCUT2D eigenvalue weighted by Gasteiger charge is 2.12. The number of thiophene rings is 1. The third-order valence-electron chi connectivity index (χ3n) is 2.83. The highest BCUT2D eigenvalue weighted by Crippen LogP contribution is 2.31. The molecule has 1 heterocycles. The van der Waals surface area contributed by atoms with E-state index in [0.717, 1.165) is 35.6 Å². The van der Waals surface area contributed by atoms with Crippen molar-refractivity contribution in [3.05, 3.63) is 51.2 Å².